The summed E-state index contributed by atoms with van der Waals surface area (Å²) in [5.74, 6) is -1.05. The van der Waals surface area contributed by atoms with Gasteiger partial charge in [-0.25, -0.2) is 0 Å². The van der Waals surface area contributed by atoms with Gasteiger partial charge >= 0.3 is 5.97 Å². The standard InChI is InChI=1S/C22H30O4/c1-22(2,3)16-12-10-15(11-13-16)21-17(18(23)14-19(21)24)8-6-4-5-7-9-20(25)26/h4,6,10-13,17,19,21,24H,5,7-9,14H2,1-3H3,(H,25,26)/t17-,19+,21+/m0/s1. The molecule has 0 heterocycles. The van der Waals surface area contributed by atoms with Gasteiger partial charge in [0, 0.05) is 24.7 Å². The van der Waals surface area contributed by atoms with Crippen LogP contribution in [0.5, 0.6) is 0 Å². The van der Waals surface area contributed by atoms with E-state index in [1.165, 1.54) is 5.56 Å². The normalized spacial score (nSPS) is 23.7. The second kappa shape index (κ2) is 8.63. The Hall–Kier alpha value is -1.94. The number of hydrogen-bond donors (Lipinski definition) is 2. The van der Waals surface area contributed by atoms with E-state index in [0.717, 1.165) is 5.56 Å². The van der Waals surface area contributed by atoms with Crippen LogP contribution in [-0.4, -0.2) is 28.1 Å². The van der Waals surface area contributed by atoms with Gasteiger partial charge in [-0.15, -0.1) is 0 Å². The highest BCUT2D eigenvalue weighted by molar-refractivity contribution is 5.85. The zero-order chi connectivity index (χ0) is 19.3. The summed E-state index contributed by atoms with van der Waals surface area (Å²) in [5, 5.41) is 19.0. The maximum atomic E-state index is 12.3. The summed E-state index contributed by atoms with van der Waals surface area (Å²) >= 11 is 0. The molecule has 4 heteroatoms. The molecule has 0 unspecified atom stereocenters. The first-order valence-electron chi connectivity index (χ1n) is 9.38. The summed E-state index contributed by atoms with van der Waals surface area (Å²) in [4.78, 5) is 22.8. The largest absolute Gasteiger partial charge is 0.481 e. The Kier molecular flexibility index (Phi) is 6.76. The van der Waals surface area contributed by atoms with Crippen molar-refractivity contribution in [2.75, 3.05) is 0 Å². The number of unbranched alkanes of at least 4 members (excludes halogenated alkanes) is 1. The Balaban J connectivity index is 2.04. The van der Waals surface area contributed by atoms with Gasteiger partial charge in [0.1, 0.15) is 5.78 Å². The lowest BCUT2D eigenvalue weighted by atomic mass is 9.82. The molecule has 1 aliphatic carbocycles. The van der Waals surface area contributed by atoms with Crippen LogP contribution in [0.3, 0.4) is 0 Å². The van der Waals surface area contributed by atoms with Gasteiger partial charge in [-0.1, -0.05) is 57.2 Å². The van der Waals surface area contributed by atoms with Crippen molar-refractivity contribution in [2.24, 2.45) is 5.92 Å². The molecule has 4 nitrogen and oxygen atoms in total. The van der Waals surface area contributed by atoms with E-state index in [9.17, 15) is 14.7 Å². The van der Waals surface area contributed by atoms with Gasteiger partial charge in [0.25, 0.3) is 0 Å². The van der Waals surface area contributed by atoms with Gasteiger partial charge in [0.15, 0.2) is 0 Å². The first kappa shape index (κ1) is 20.4. The third kappa shape index (κ3) is 5.28. The Morgan fingerprint density at radius 1 is 1.19 bits per heavy atom. The molecular weight excluding hydrogens is 328 g/mol. The van der Waals surface area contributed by atoms with Crippen LogP contribution in [0.1, 0.15) is 69.9 Å². The quantitative estimate of drug-likeness (QED) is 0.565. The highest BCUT2D eigenvalue weighted by atomic mass is 16.4. The van der Waals surface area contributed by atoms with Gasteiger partial charge in [0.05, 0.1) is 6.10 Å². The minimum atomic E-state index is -0.786. The Morgan fingerprint density at radius 3 is 2.42 bits per heavy atom. The molecule has 0 saturated heterocycles. The SMILES string of the molecule is CC(C)(C)c1ccc([C@H]2[C@H](O)CC(=O)[C@@H]2CC=CCCCC(=O)O)cc1. The number of ketones is 1. The maximum absolute atomic E-state index is 12.3. The molecule has 0 bridgehead atoms. The van der Waals surface area contributed by atoms with Crippen LogP contribution >= 0.6 is 0 Å². The Bertz CT molecular complexity index is 652. The average Bonchev–Trinajstić information content (AvgIpc) is 2.83. The summed E-state index contributed by atoms with van der Waals surface area (Å²) in [6.07, 6.45) is 5.53. The molecule has 0 radical (unpaired) electrons. The zero-order valence-corrected chi connectivity index (χ0v) is 15.9. The number of benzene rings is 1. The fourth-order valence-electron chi connectivity index (χ4n) is 3.62. The fourth-order valence-corrected chi connectivity index (χ4v) is 3.62. The second-order valence-corrected chi connectivity index (χ2v) is 8.24. The topological polar surface area (TPSA) is 74.6 Å². The van der Waals surface area contributed by atoms with Crippen molar-refractivity contribution in [3.63, 3.8) is 0 Å². The number of carbonyl (C=O) groups excluding carboxylic acids is 1. The predicted octanol–water partition coefficient (Wildman–Crippen LogP) is 4.22. The van der Waals surface area contributed by atoms with Crippen LogP contribution in [0.4, 0.5) is 0 Å². The first-order valence-corrected chi connectivity index (χ1v) is 9.38. The van der Waals surface area contributed by atoms with E-state index in [-0.39, 0.29) is 35.9 Å². The highest BCUT2D eigenvalue weighted by Crippen LogP contribution is 2.40. The Morgan fingerprint density at radius 2 is 1.85 bits per heavy atom. The molecule has 0 amide bonds. The maximum Gasteiger partial charge on any atom is 0.303 e. The van der Waals surface area contributed by atoms with Gasteiger partial charge in [-0.05, 0) is 35.8 Å². The number of Topliss-reactive ketones (excluding diaryl/α,β-unsaturated/α-hetero) is 1. The molecule has 26 heavy (non-hydrogen) atoms. The van der Waals surface area contributed by atoms with E-state index in [2.05, 4.69) is 32.9 Å². The summed E-state index contributed by atoms with van der Waals surface area (Å²) in [5.41, 5.74) is 2.32. The smallest absolute Gasteiger partial charge is 0.303 e. The van der Waals surface area contributed by atoms with Gasteiger partial charge in [-0.2, -0.15) is 0 Å². The molecule has 1 fully saturated rings. The zero-order valence-electron chi connectivity index (χ0n) is 15.9. The number of rotatable bonds is 7. The molecular formula is C22H30O4. The molecule has 1 saturated carbocycles. The molecule has 1 aromatic carbocycles. The lowest BCUT2D eigenvalue weighted by molar-refractivity contribution is -0.137. The lowest BCUT2D eigenvalue weighted by Crippen LogP contribution is -2.19. The minimum absolute atomic E-state index is 0.0702. The molecule has 1 aromatic rings. The summed E-state index contributed by atoms with van der Waals surface area (Å²) < 4.78 is 0. The molecule has 2 N–H and O–H groups in total. The number of allylic oxidation sites excluding steroid dienone is 2. The van der Waals surface area contributed by atoms with E-state index < -0.39 is 12.1 Å². The number of hydrogen-bond acceptors (Lipinski definition) is 3. The van der Waals surface area contributed by atoms with Crippen LogP contribution in [0, 0.1) is 5.92 Å². The number of aliphatic hydroxyl groups is 1. The predicted molar refractivity (Wildman–Crippen MR) is 102 cm³/mol. The Labute approximate surface area is 155 Å². The number of carboxylic acid groups (broad SMARTS) is 1. The van der Waals surface area contributed by atoms with Crippen molar-refractivity contribution < 1.29 is 19.8 Å². The van der Waals surface area contributed by atoms with E-state index >= 15 is 0 Å². The fraction of sp³-hybridized carbons (Fsp3) is 0.545. The minimum Gasteiger partial charge on any atom is -0.481 e. The van der Waals surface area contributed by atoms with Crippen molar-refractivity contribution in [3.05, 3.63) is 47.5 Å². The molecule has 0 aliphatic heterocycles. The number of aliphatic hydroxyl groups excluding tert-OH is 1. The van der Waals surface area contributed by atoms with Gasteiger partial charge in [0.2, 0.25) is 0 Å². The molecule has 0 spiro atoms. The number of carboxylic acids is 1. The van der Waals surface area contributed by atoms with Gasteiger partial charge in [-0.3, -0.25) is 9.59 Å². The molecule has 3 atom stereocenters. The van der Waals surface area contributed by atoms with Crippen molar-refractivity contribution in [1.82, 2.24) is 0 Å². The third-order valence-electron chi connectivity index (χ3n) is 5.15. The summed E-state index contributed by atoms with van der Waals surface area (Å²) in [6.45, 7) is 6.48. The first-order chi connectivity index (χ1) is 12.2. The second-order valence-electron chi connectivity index (χ2n) is 8.24. The molecule has 1 aliphatic rings. The number of aliphatic carboxylic acids is 1. The van der Waals surface area contributed by atoms with Crippen molar-refractivity contribution in [3.8, 4) is 0 Å². The van der Waals surface area contributed by atoms with Crippen LogP contribution in [-0.2, 0) is 15.0 Å². The van der Waals surface area contributed by atoms with E-state index in [0.29, 0.717) is 19.3 Å². The average molecular weight is 358 g/mol. The van der Waals surface area contributed by atoms with Crippen molar-refractivity contribution in [2.45, 2.75) is 70.3 Å². The van der Waals surface area contributed by atoms with Crippen molar-refractivity contribution >= 4 is 11.8 Å². The molecule has 2 rings (SSSR count). The van der Waals surface area contributed by atoms with Gasteiger partial charge < -0.3 is 10.2 Å². The van der Waals surface area contributed by atoms with E-state index in [1.807, 2.05) is 24.3 Å². The van der Waals surface area contributed by atoms with Crippen LogP contribution in [0.2, 0.25) is 0 Å². The summed E-state index contributed by atoms with van der Waals surface area (Å²) in [7, 11) is 0. The van der Waals surface area contributed by atoms with Crippen molar-refractivity contribution in [1.29, 1.82) is 0 Å². The third-order valence-corrected chi connectivity index (χ3v) is 5.15. The van der Waals surface area contributed by atoms with E-state index in [1.54, 1.807) is 0 Å². The van der Waals surface area contributed by atoms with Crippen LogP contribution in [0.25, 0.3) is 0 Å². The summed E-state index contributed by atoms with van der Waals surface area (Å²) in [6, 6.07) is 8.25. The van der Waals surface area contributed by atoms with Crippen LogP contribution in [0.15, 0.2) is 36.4 Å². The number of carbonyl (C=O) groups is 2. The molecule has 0 aromatic heterocycles. The lowest BCUT2D eigenvalue weighted by Gasteiger charge is -2.23. The molecule has 142 valence electrons. The van der Waals surface area contributed by atoms with Crippen LogP contribution < -0.4 is 0 Å². The van der Waals surface area contributed by atoms with E-state index in [4.69, 9.17) is 5.11 Å². The monoisotopic (exact) mass is 358 g/mol. The highest BCUT2D eigenvalue weighted by Gasteiger charge is 2.41.